The van der Waals surface area contributed by atoms with Crippen molar-refractivity contribution >= 4 is 16.6 Å². The van der Waals surface area contributed by atoms with Crippen molar-refractivity contribution < 1.29 is 27.4 Å². The van der Waals surface area contributed by atoms with Crippen molar-refractivity contribution in [3.8, 4) is 28.6 Å². The maximum Gasteiger partial charge on any atom is 0.573 e. The Labute approximate surface area is 200 Å². The molecule has 2 heterocycles. The molecule has 0 unspecified atom stereocenters. The predicted octanol–water partition coefficient (Wildman–Crippen LogP) is 4.04. The number of rotatable bonds is 6. The Kier molecular flexibility index (Phi) is 6.79. The zero-order chi connectivity index (χ0) is 25.3. The van der Waals surface area contributed by atoms with Crippen LogP contribution in [0, 0.1) is 0 Å². The molecule has 4 rings (SSSR count). The third-order valence-electron chi connectivity index (χ3n) is 6.01. The molecule has 1 aromatic heterocycles. The molecule has 3 aromatic rings. The lowest BCUT2D eigenvalue weighted by molar-refractivity contribution is -0.274. The molecule has 1 N–H and O–H groups in total. The van der Waals surface area contributed by atoms with Crippen molar-refractivity contribution in [2.24, 2.45) is 0 Å². The minimum absolute atomic E-state index is 0.104. The number of piperazine rings is 1. The summed E-state index contributed by atoms with van der Waals surface area (Å²) in [6, 6.07) is 7.78. The second-order valence-electron chi connectivity index (χ2n) is 8.52. The van der Waals surface area contributed by atoms with E-state index in [1.807, 2.05) is 4.90 Å². The molecule has 0 atom stereocenters. The minimum atomic E-state index is -4.86. The number of halogens is 3. The standard InChI is InChI=1S/C24H27F3N4O4/c1-14(2)30-5-7-31(8-6-30)16-9-15(10-18(11-16)35-24(25,26)27)22-28-19-12-17(33-3)13-20(34-4)21(19)23(32)29-22/h9-14H,5-8H2,1-4H3,(H,28,29,32). The molecule has 35 heavy (non-hydrogen) atoms. The SMILES string of the molecule is COc1cc(OC)c2c(=O)[nH]c(-c3cc(OC(F)(F)F)cc(N4CCN(C(C)C)CC4)c3)nc2c1. The average molecular weight is 492 g/mol. The first-order valence-electron chi connectivity index (χ1n) is 11.1. The molecule has 0 saturated carbocycles. The van der Waals surface area contributed by atoms with Gasteiger partial charge in [0.05, 0.1) is 19.7 Å². The summed E-state index contributed by atoms with van der Waals surface area (Å²) >= 11 is 0. The number of aromatic amines is 1. The summed E-state index contributed by atoms with van der Waals surface area (Å²) in [5.41, 5.74) is 0.637. The number of anilines is 1. The highest BCUT2D eigenvalue weighted by molar-refractivity contribution is 5.87. The number of hydrogen-bond acceptors (Lipinski definition) is 7. The lowest BCUT2D eigenvalue weighted by atomic mass is 10.1. The van der Waals surface area contributed by atoms with Crippen molar-refractivity contribution in [2.75, 3.05) is 45.3 Å². The van der Waals surface area contributed by atoms with Gasteiger partial charge in [-0.3, -0.25) is 9.69 Å². The van der Waals surface area contributed by atoms with E-state index in [1.165, 1.54) is 26.4 Å². The van der Waals surface area contributed by atoms with Crippen molar-refractivity contribution in [3.05, 3.63) is 40.7 Å². The molecule has 1 aliphatic heterocycles. The molecule has 8 nitrogen and oxygen atoms in total. The third kappa shape index (κ3) is 5.45. The van der Waals surface area contributed by atoms with Crippen LogP contribution < -0.4 is 24.7 Å². The maximum absolute atomic E-state index is 13.1. The topological polar surface area (TPSA) is 79.9 Å². The van der Waals surface area contributed by atoms with Gasteiger partial charge in [0.15, 0.2) is 0 Å². The van der Waals surface area contributed by atoms with Gasteiger partial charge in [-0.1, -0.05) is 0 Å². The van der Waals surface area contributed by atoms with Gasteiger partial charge in [-0.15, -0.1) is 13.2 Å². The van der Waals surface area contributed by atoms with Crippen LogP contribution in [0.4, 0.5) is 18.9 Å². The minimum Gasteiger partial charge on any atom is -0.497 e. The van der Waals surface area contributed by atoms with E-state index in [-0.39, 0.29) is 33.8 Å². The molecule has 0 aliphatic carbocycles. The Bertz CT molecular complexity index is 1270. The first kappa shape index (κ1) is 24.6. The predicted molar refractivity (Wildman–Crippen MR) is 127 cm³/mol. The van der Waals surface area contributed by atoms with Crippen LogP contribution in [0.3, 0.4) is 0 Å². The van der Waals surface area contributed by atoms with E-state index < -0.39 is 11.9 Å². The van der Waals surface area contributed by atoms with Gasteiger partial charge in [0.2, 0.25) is 0 Å². The molecule has 1 aliphatic rings. The lowest BCUT2D eigenvalue weighted by Crippen LogP contribution is -2.48. The number of ether oxygens (including phenoxy) is 3. The van der Waals surface area contributed by atoms with Gasteiger partial charge in [0.1, 0.15) is 28.5 Å². The fourth-order valence-corrected chi connectivity index (χ4v) is 4.22. The third-order valence-corrected chi connectivity index (χ3v) is 6.01. The van der Waals surface area contributed by atoms with Crippen LogP contribution >= 0.6 is 0 Å². The molecule has 11 heteroatoms. The molecule has 1 fully saturated rings. The van der Waals surface area contributed by atoms with E-state index in [2.05, 4.69) is 33.5 Å². The van der Waals surface area contributed by atoms with E-state index in [0.29, 0.717) is 30.6 Å². The Morgan fingerprint density at radius 2 is 1.69 bits per heavy atom. The smallest absolute Gasteiger partial charge is 0.497 e. The van der Waals surface area contributed by atoms with Gasteiger partial charge in [-0.2, -0.15) is 0 Å². The summed E-state index contributed by atoms with van der Waals surface area (Å²) in [5.74, 6) is 0.420. The molecule has 0 radical (unpaired) electrons. The number of nitrogens with one attached hydrogen (secondary N) is 1. The number of hydrogen-bond donors (Lipinski definition) is 1. The zero-order valence-electron chi connectivity index (χ0n) is 19.9. The van der Waals surface area contributed by atoms with Crippen LogP contribution in [0.15, 0.2) is 35.1 Å². The molecule has 0 bridgehead atoms. The summed E-state index contributed by atoms with van der Waals surface area (Å²) in [6.07, 6.45) is -4.86. The van der Waals surface area contributed by atoms with Crippen LogP contribution in [0.1, 0.15) is 13.8 Å². The first-order valence-corrected chi connectivity index (χ1v) is 11.1. The van der Waals surface area contributed by atoms with Crippen LogP contribution in [0.25, 0.3) is 22.3 Å². The van der Waals surface area contributed by atoms with Gasteiger partial charge in [0, 0.05) is 61.7 Å². The maximum atomic E-state index is 13.1. The van der Waals surface area contributed by atoms with E-state index >= 15 is 0 Å². The molecule has 188 valence electrons. The van der Waals surface area contributed by atoms with Gasteiger partial charge in [-0.05, 0) is 26.0 Å². The van der Waals surface area contributed by atoms with Crippen molar-refractivity contribution in [1.29, 1.82) is 0 Å². The summed E-state index contributed by atoms with van der Waals surface area (Å²) in [5, 5.41) is 0.213. The van der Waals surface area contributed by atoms with Crippen molar-refractivity contribution in [1.82, 2.24) is 14.9 Å². The van der Waals surface area contributed by atoms with Gasteiger partial charge < -0.3 is 24.1 Å². The quantitative estimate of drug-likeness (QED) is 0.557. The van der Waals surface area contributed by atoms with Crippen LogP contribution in [-0.4, -0.2) is 67.7 Å². The number of alkyl halides is 3. The van der Waals surface area contributed by atoms with E-state index in [0.717, 1.165) is 13.1 Å². The van der Waals surface area contributed by atoms with E-state index in [4.69, 9.17) is 9.47 Å². The number of benzene rings is 2. The molecule has 0 amide bonds. The molecular weight excluding hydrogens is 465 g/mol. The van der Waals surface area contributed by atoms with Crippen LogP contribution in [0.2, 0.25) is 0 Å². The van der Waals surface area contributed by atoms with Gasteiger partial charge in [-0.25, -0.2) is 4.98 Å². The Hall–Kier alpha value is -3.47. The molecule has 2 aromatic carbocycles. The Balaban J connectivity index is 1.80. The number of nitrogens with zero attached hydrogens (tertiary/aromatic N) is 3. The Morgan fingerprint density at radius 1 is 0.971 bits per heavy atom. The highest BCUT2D eigenvalue weighted by Gasteiger charge is 2.32. The molecule has 1 saturated heterocycles. The largest absolute Gasteiger partial charge is 0.573 e. The van der Waals surface area contributed by atoms with Crippen molar-refractivity contribution in [2.45, 2.75) is 26.3 Å². The highest BCUT2D eigenvalue weighted by Crippen LogP contribution is 2.34. The summed E-state index contributed by atoms with van der Waals surface area (Å²) in [7, 11) is 2.89. The van der Waals surface area contributed by atoms with Crippen molar-refractivity contribution in [3.63, 3.8) is 0 Å². The second-order valence-corrected chi connectivity index (χ2v) is 8.52. The summed E-state index contributed by atoms with van der Waals surface area (Å²) < 4.78 is 54.1. The van der Waals surface area contributed by atoms with Crippen LogP contribution in [-0.2, 0) is 0 Å². The Morgan fingerprint density at radius 3 is 2.29 bits per heavy atom. The monoisotopic (exact) mass is 492 g/mol. The van der Waals surface area contributed by atoms with E-state index in [1.54, 1.807) is 18.2 Å². The normalized spacial score (nSPS) is 15.0. The summed E-state index contributed by atoms with van der Waals surface area (Å²) in [6.45, 7) is 7.06. The molecular formula is C24H27F3N4O4. The summed E-state index contributed by atoms with van der Waals surface area (Å²) in [4.78, 5) is 24.4. The number of methoxy groups -OCH3 is 2. The zero-order valence-corrected chi connectivity index (χ0v) is 19.9. The first-order chi connectivity index (χ1) is 16.6. The van der Waals surface area contributed by atoms with Crippen LogP contribution in [0.5, 0.6) is 17.2 Å². The number of fused-ring (bicyclic) bond motifs is 1. The average Bonchev–Trinajstić information content (AvgIpc) is 2.81. The fourth-order valence-electron chi connectivity index (χ4n) is 4.22. The number of H-pyrrole nitrogens is 1. The second kappa shape index (κ2) is 9.65. The van der Waals surface area contributed by atoms with Gasteiger partial charge in [0.25, 0.3) is 5.56 Å². The molecule has 0 spiro atoms. The van der Waals surface area contributed by atoms with Gasteiger partial charge >= 0.3 is 6.36 Å². The lowest BCUT2D eigenvalue weighted by Gasteiger charge is -2.38. The highest BCUT2D eigenvalue weighted by atomic mass is 19.4. The van der Waals surface area contributed by atoms with E-state index in [9.17, 15) is 18.0 Å². The number of aromatic nitrogens is 2. The fraction of sp³-hybridized carbons (Fsp3) is 0.417.